The van der Waals surface area contributed by atoms with E-state index >= 15 is 0 Å². The standard InChI is InChI=1S/C17H10Cl2N2O3S/c18-10-2-4-11(5-3-10)21-16(24)12(15(23)20-17(21)25)7-9-1-6-14(22)13(19)8-9/h1-8,22H,(H,20,23,25)/b12-7+. The summed E-state index contributed by atoms with van der Waals surface area (Å²) in [6, 6.07) is 10.8. The van der Waals surface area contributed by atoms with E-state index in [1.165, 1.54) is 29.2 Å². The van der Waals surface area contributed by atoms with E-state index in [1.54, 1.807) is 24.3 Å². The average Bonchev–Trinajstić information content (AvgIpc) is 2.56. The summed E-state index contributed by atoms with van der Waals surface area (Å²) in [6.07, 6.45) is 1.38. The summed E-state index contributed by atoms with van der Waals surface area (Å²) in [5, 5.41) is 12.6. The number of carbonyl (C=O) groups is 2. The first-order valence-corrected chi connectivity index (χ1v) is 8.19. The molecular formula is C17H10Cl2N2O3S. The first-order valence-electron chi connectivity index (χ1n) is 7.02. The van der Waals surface area contributed by atoms with Gasteiger partial charge in [0.15, 0.2) is 5.11 Å². The monoisotopic (exact) mass is 392 g/mol. The highest BCUT2D eigenvalue weighted by Gasteiger charge is 2.34. The van der Waals surface area contributed by atoms with Crippen LogP contribution in [-0.4, -0.2) is 22.0 Å². The van der Waals surface area contributed by atoms with Crippen molar-refractivity contribution in [2.45, 2.75) is 0 Å². The van der Waals surface area contributed by atoms with Crippen molar-refractivity contribution in [3.63, 3.8) is 0 Å². The third-order valence-corrected chi connectivity index (χ3v) is 4.31. The van der Waals surface area contributed by atoms with Crippen LogP contribution < -0.4 is 10.2 Å². The van der Waals surface area contributed by atoms with E-state index in [-0.39, 0.29) is 21.5 Å². The Morgan fingerprint density at radius 1 is 1.08 bits per heavy atom. The molecule has 0 atom stereocenters. The Morgan fingerprint density at radius 3 is 2.40 bits per heavy atom. The number of anilines is 1. The predicted octanol–water partition coefficient (Wildman–Crippen LogP) is 3.53. The number of halogens is 2. The molecule has 2 N–H and O–H groups in total. The number of nitrogens with one attached hydrogen (secondary N) is 1. The number of hydrogen-bond donors (Lipinski definition) is 2. The highest BCUT2D eigenvalue weighted by Crippen LogP contribution is 2.27. The summed E-state index contributed by atoms with van der Waals surface area (Å²) < 4.78 is 0. The van der Waals surface area contributed by atoms with E-state index in [9.17, 15) is 14.7 Å². The van der Waals surface area contributed by atoms with Gasteiger partial charge in [-0.15, -0.1) is 0 Å². The molecule has 5 nitrogen and oxygen atoms in total. The van der Waals surface area contributed by atoms with Crippen molar-refractivity contribution in [2.75, 3.05) is 4.90 Å². The molecule has 8 heteroatoms. The molecule has 0 aliphatic carbocycles. The van der Waals surface area contributed by atoms with Crippen LogP contribution in [0.15, 0.2) is 48.0 Å². The molecule has 25 heavy (non-hydrogen) atoms. The van der Waals surface area contributed by atoms with Crippen molar-refractivity contribution in [1.29, 1.82) is 0 Å². The molecule has 0 aromatic heterocycles. The van der Waals surface area contributed by atoms with Gasteiger partial charge in [0.2, 0.25) is 0 Å². The largest absolute Gasteiger partial charge is 0.506 e. The Kier molecular flexibility index (Phi) is 4.76. The number of aromatic hydroxyl groups is 1. The number of hydrogen-bond acceptors (Lipinski definition) is 4. The molecule has 3 rings (SSSR count). The normalized spacial score (nSPS) is 16.3. The fourth-order valence-electron chi connectivity index (χ4n) is 2.26. The maximum atomic E-state index is 12.8. The van der Waals surface area contributed by atoms with Gasteiger partial charge in [0, 0.05) is 5.02 Å². The zero-order valence-electron chi connectivity index (χ0n) is 12.5. The Labute approximate surface area is 158 Å². The molecule has 1 heterocycles. The van der Waals surface area contributed by atoms with Crippen LogP contribution >= 0.6 is 35.4 Å². The number of carbonyl (C=O) groups excluding carboxylic acids is 2. The van der Waals surface area contributed by atoms with Crippen molar-refractivity contribution >= 4 is 64.1 Å². The number of rotatable bonds is 2. The van der Waals surface area contributed by atoms with Crippen LogP contribution in [0, 0.1) is 0 Å². The SMILES string of the molecule is O=C1NC(=S)N(c2ccc(Cl)cc2)C(=O)/C1=C/c1ccc(O)c(Cl)c1. The van der Waals surface area contributed by atoms with Gasteiger partial charge >= 0.3 is 0 Å². The summed E-state index contributed by atoms with van der Waals surface area (Å²) in [5.41, 5.74) is 0.865. The van der Waals surface area contributed by atoms with Gasteiger partial charge in [0.1, 0.15) is 11.3 Å². The van der Waals surface area contributed by atoms with Crippen LogP contribution in [0.25, 0.3) is 6.08 Å². The molecular weight excluding hydrogens is 383 g/mol. The number of thiocarbonyl (C=S) groups is 1. The van der Waals surface area contributed by atoms with Gasteiger partial charge in [0.25, 0.3) is 11.8 Å². The van der Waals surface area contributed by atoms with E-state index in [0.717, 1.165) is 0 Å². The number of nitrogens with zero attached hydrogens (tertiary/aromatic N) is 1. The van der Waals surface area contributed by atoms with E-state index < -0.39 is 11.8 Å². The number of phenolic OH excluding ortho intramolecular Hbond substituents is 1. The van der Waals surface area contributed by atoms with E-state index in [1.807, 2.05) is 0 Å². The van der Waals surface area contributed by atoms with Crippen molar-refractivity contribution in [1.82, 2.24) is 5.32 Å². The van der Waals surface area contributed by atoms with Crippen LogP contribution in [0.5, 0.6) is 5.75 Å². The van der Waals surface area contributed by atoms with Gasteiger partial charge < -0.3 is 5.11 Å². The summed E-state index contributed by atoms with van der Waals surface area (Å²) in [4.78, 5) is 26.2. The molecule has 126 valence electrons. The molecule has 2 amide bonds. The Morgan fingerprint density at radius 2 is 1.76 bits per heavy atom. The van der Waals surface area contributed by atoms with Gasteiger partial charge in [-0.3, -0.25) is 19.8 Å². The summed E-state index contributed by atoms with van der Waals surface area (Å²) in [7, 11) is 0. The van der Waals surface area contributed by atoms with E-state index in [0.29, 0.717) is 16.3 Å². The van der Waals surface area contributed by atoms with E-state index in [2.05, 4.69) is 5.32 Å². The smallest absolute Gasteiger partial charge is 0.270 e. The highest BCUT2D eigenvalue weighted by molar-refractivity contribution is 7.80. The first kappa shape index (κ1) is 17.4. The quantitative estimate of drug-likeness (QED) is 0.465. The lowest BCUT2D eigenvalue weighted by atomic mass is 10.1. The van der Waals surface area contributed by atoms with Gasteiger partial charge in [-0.1, -0.05) is 29.3 Å². The minimum atomic E-state index is -0.607. The van der Waals surface area contributed by atoms with Gasteiger partial charge in [-0.25, -0.2) is 0 Å². The van der Waals surface area contributed by atoms with Gasteiger partial charge in [-0.05, 0) is 60.3 Å². The second kappa shape index (κ2) is 6.84. The zero-order chi connectivity index (χ0) is 18.1. The highest BCUT2D eigenvalue weighted by atomic mass is 35.5. The minimum absolute atomic E-state index is 0.0155. The lowest BCUT2D eigenvalue weighted by Gasteiger charge is -2.28. The molecule has 1 fully saturated rings. The number of amides is 2. The molecule has 2 aromatic rings. The molecule has 2 aromatic carbocycles. The maximum Gasteiger partial charge on any atom is 0.270 e. The lowest BCUT2D eigenvalue weighted by molar-refractivity contribution is -0.122. The topological polar surface area (TPSA) is 69.6 Å². The van der Waals surface area contributed by atoms with Gasteiger partial charge in [0.05, 0.1) is 10.7 Å². The molecule has 0 radical (unpaired) electrons. The van der Waals surface area contributed by atoms with E-state index in [4.69, 9.17) is 35.4 Å². The predicted molar refractivity (Wildman–Crippen MR) is 101 cm³/mol. The molecule has 0 spiro atoms. The Bertz CT molecular complexity index is 926. The van der Waals surface area contributed by atoms with Crippen LogP contribution in [0.1, 0.15) is 5.56 Å². The fourth-order valence-corrected chi connectivity index (χ4v) is 2.86. The third-order valence-electron chi connectivity index (χ3n) is 3.47. The Balaban J connectivity index is 2.01. The average molecular weight is 393 g/mol. The second-order valence-electron chi connectivity index (χ2n) is 5.15. The summed E-state index contributed by atoms with van der Waals surface area (Å²) in [6.45, 7) is 0. The Hall–Kier alpha value is -2.41. The zero-order valence-corrected chi connectivity index (χ0v) is 14.8. The van der Waals surface area contributed by atoms with Crippen LogP contribution in [0.2, 0.25) is 10.0 Å². The number of benzene rings is 2. The van der Waals surface area contributed by atoms with Crippen molar-refractivity contribution in [3.05, 3.63) is 63.6 Å². The van der Waals surface area contributed by atoms with Crippen molar-refractivity contribution in [2.24, 2.45) is 0 Å². The molecule has 1 aliphatic rings. The van der Waals surface area contributed by atoms with Crippen LogP contribution in [-0.2, 0) is 9.59 Å². The van der Waals surface area contributed by atoms with Gasteiger partial charge in [-0.2, -0.15) is 0 Å². The van der Waals surface area contributed by atoms with Crippen LogP contribution in [0.4, 0.5) is 5.69 Å². The maximum absolute atomic E-state index is 12.8. The summed E-state index contributed by atoms with van der Waals surface area (Å²) in [5.74, 6) is -1.27. The minimum Gasteiger partial charge on any atom is -0.506 e. The number of phenols is 1. The third kappa shape index (κ3) is 3.51. The van der Waals surface area contributed by atoms with Crippen LogP contribution in [0.3, 0.4) is 0 Å². The molecule has 0 bridgehead atoms. The second-order valence-corrected chi connectivity index (χ2v) is 6.38. The lowest BCUT2D eigenvalue weighted by Crippen LogP contribution is -2.54. The van der Waals surface area contributed by atoms with Crippen molar-refractivity contribution < 1.29 is 14.7 Å². The van der Waals surface area contributed by atoms with Crippen molar-refractivity contribution in [3.8, 4) is 5.75 Å². The molecule has 1 aliphatic heterocycles. The summed E-state index contributed by atoms with van der Waals surface area (Å²) >= 11 is 16.8. The molecule has 0 unspecified atom stereocenters. The molecule has 0 saturated carbocycles. The fraction of sp³-hybridized carbons (Fsp3) is 0. The molecule has 1 saturated heterocycles. The first-order chi connectivity index (χ1) is 11.9.